The fourth-order valence-corrected chi connectivity index (χ4v) is 1.49. The molecule has 1 aliphatic carbocycles. The molecule has 0 unspecified atom stereocenters. The normalized spacial score (nSPS) is 17.1. The number of benzene rings is 1. The molecule has 1 aliphatic rings. The van der Waals surface area contributed by atoms with Crippen molar-refractivity contribution >= 4 is 5.84 Å². The predicted octanol–water partition coefficient (Wildman–Crippen LogP) is 2.06. The molecule has 0 bridgehead atoms. The summed E-state index contributed by atoms with van der Waals surface area (Å²) in [5.74, 6) is 0.779. The van der Waals surface area contributed by atoms with Gasteiger partial charge < -0.3 is 5.73 Å². The molecule has 0 aromatic heterocycles. The minimum absolute atomic E-state index is 0.527. The largest absolute Gasteiger partial charge is 0.387 e. The van der Waals surface area contributed by atoms with Gasteiger partial charge in [-0.25, -0.2) is 0 Å². The van der Waals surface area contributed by atoms with Crippen LogP contribution in [-0.4, -0.2) is 11.9 Å². The van der Waals surface area contributed by atoms with Gasteiger partial charge in [-0.05, 0) is 30.9 Å². The van der Waals surface area contributed by atoms with Crippen LogP contribution < -0.4 is 5.73 Å². The minimum Gasteiger partial charge on any atom is -0.387 e. The highest BCUT2D eigenvalue weighted by Gasteiger charge is 2.20. The predicted molar refractivity (Wildman–Crippen MR) is 59.5 cm³/mol. The number of nitrogens with zero attached hydrogens (tertiary/aromatic N) is 1. The topological polar surface area (TPSA) is 38.4 Å². The van der Waals surface area contributed by atoms with Gasteiger partial charge in [-0.2, -0.15) is 0 Å². The van der Waals surface area contributed by atoms with Crippen molar-refractivity contribution in [2.75, 3.05) is 0 Å². The van der Waals surface area contributed by atoms with Gasteiger partial charge >= 0.3 is 0 Å². The van der Waals surface area contributed by atoms with E-state index in [1.807, 2.05) is 12.1 Å². The van der Waals surface area contributed by atoms with Crippen LogP contribution in [0.2, 0.25) is 0 Å². The molecule has 0 heterocycles. The van der Waals surface area contributed by atoms with Crippen molar-refractivity contribution in [2.45, 2.75) is 32.2 Å². The Balaban J connectivity index is 2.06. The first kappa shape index (κ1) is 9.25. The Bertz CT molecular complexity index is 351. The van der Waals surface area contributed by atoms with E-state index in [4.69, 9.17) is 5.73 Å². The number of rotatable bonds is 3. The van der Waals surface area contributed by atoms with E-state index in [-0.39, 0.29) is 0 Å². The van der Waals surface area contributed by atoms with Crippen molar-refractivity contribution in [1.29, 1.82) is 0 Å². The molecule has 0 aliphatic heterocycles. The fourth-order valence-electron chi connectivity index (χ4n) is 1.49. The van der Waals surface area contributed by atoms with Gasteiger partial charge in [0.15, 0.2) is 0 Å². The van der Waals surface area contributed by atoms with Crippen molar-refractivity contribution in [3.05, 3.63) is 35.4 Å². The minimum atomic E-state index is 0.527. The van der Waals surface area contributed by atoms with Crippen LogP contribution in [0.1, 0.15) is 24.0 Å². The molecule has 2 N–H and O–H groups in total. The quantitative estimate of drug-likeness (QED) is 0.572. The number of aryl methyl sites for hydroxylation is 1. The number of hydrogen-bond acceptors (Lipinski definition) is 1. The van der Waals surface area contributed by atoms with E-state index in [1.165, 1.54) is 24.0 Å². The number of aliphatic imine (C=N–C) groups is 1. The molecule has 0 amide bonds. The maximum Gasteiger partial charge on any atom is 0.0985 e. The van der Waals surface area contributed by atoms with E-state index in [0.717, 1.165) is 12.3 Å². The van der Waals surface area contributed by atoms with Crippen LogP contribution in [0, 0.1) is 6.92 Å². The Morgan fingerprint density at radius 3 is 2.79 bits per heavy atom. The summed E-state index contributed by atoms with van der Waals surface area (Å²) in [5.41, 5.74) is 8.45. The third-order valence-corrected chi connectivity index (χ3v) is 2.53. The van der Waals surface area contributed by atoms with Gasteiger partial charge in [0.2, 0.25) is 0 Å². The second-order valence-corrected chi connectivity index (χ2v) is 3.95. The summed E-state index contributed by atoms with van der Waals surface area (Å²) in [5, 5.41) is 0. The molecule has 0 radical (unpaired) electrons. The first-order valence-corrected chi connectivity index (χ1v) is 5.12. The Morgan fingerprint density at radius 1 is 1.43 bits per heavy atom. The molecule has 0 atom stereocenters. The van der Waals surface area contributed by atoms with Crippen LogP contribution in [-0.2, 0) is 6.42 Å². The maximum absolute atomic E-state index is 5.87. The molecular formula is C12H16N2. The van der Waals surface area contributed by atoms with Crippen LogP contribution in [0.15, 0.2) is 29.3 Å². The Labute approximate surface area is 84.9 Å². The molecule has 2 nitrogen and oxygen atoms in total. The second-order valence-electron chi connectivity index (χ2n) is 3.95. The van der Waals surface area contributed by atoms with E-state index in [1.54, 1.807) is 0 Å². The highest BCUT2D eigenvalue weighted by Crippen LogP contribution is 2.23. The first-order chi connectivity index (χ1) is 6.75. The van der Waals surface area contributed by atoms with Crippen molar-refractivity contribution in [3.8, 4) is 0 Å². The summed E-state index contributed by atoms with van der Waals surface area (Å²) in [6.45, 7) is 2.11. The van der Waals surface area contributed by atoms with E-state index < -0.39 is 0 Å². The van der Waals surface area contributed by atoms with Gasteiger partial charge in [0.05, 0.1) is 11.9 Å². The van der Waals surface area contributed by atoms with Crippen LogP contribution in [0.3, 0.4) is 0 Å². The SMILES string of the molecule is Cc1ccccc1CC(N)=NC1CC1. The van der Waals surface area contributed by atoms with Gasteiger partial charge in [0.1, 0.15) is 0 Å². The zero-order valence-corrected chi connectivity index (χ0v) is 8.53. The lowest BCUT2D eigenvalue weighted by molar-refractivity contribution is 1.04. The van der Waals surface area contributed by atoms with Crippen LogP contribution in [0.4, 0.5) is 0 Å². The Morgan fingerprint density at radius 2 is 2.14 bits per heavy atom. The summed E-state index contributed by atoms with van der Waals surface area (Å²) in [6.07, 6.45) is 3.23. The number of nitrogens with two attached hydrogens (primary N) is 1. The molecule has 2 rings (SSSR count). The molecule has 1 aromatic rings. The van der Waals surface area contributed by atoms with Crippen molar-refractivity contribution < 1.29 is 0 Å². The molecule has 14 heavy (non-hydrogen) atoms. The lowest BCUT2D eigenvalue weighted by Crippen LogP contribution is -2.16. The second kappa shape index (κ2) is 3.82. The molecular weight excluding hydrogens is 172 g/mol. The summed E-state index contributed by atoms with van der Waals surface area (Å²) in [4.78, 5) is 4.42. The molecule has 2 heteroatoms. The summed E-state index contributed by atoms with van der Waals surface area (Å²) >= 11 is 0. The summed E-state index contributed by atoms with van der Waals surface area (Å²) in [7, 11) is 0. The molecule has 1 aromatic carbocycles. The summed E-state index contributed by atoms with van der Waals surface area (Å²) in [6, 6.07) is 8.85. The smallest absolute Gasteiger partial charge is 0.0985 e. The highest BCUT2D eigenvalue weighted by molar-refractivity contribution is 5.83. The average molecular weight is 188 g/mol. The van der Waals surface area contributed by atoms with E-state index >= 15 is 0 Å². The van der Waals surface area contributed by atoms with E-state index in [0.29, 0.717) is 6.04 Å². The van der Waals surface area contributed by atoms with Gasteiger partial charge in [-0.1, -0.05) is 24.3 Å². The van der Waals surface area contributed by atoms with Crippen LogP contribution in [0.25, 0.3) is 0 Å². The number of amidine groups is 1. The van der Waals surface area contributed by atoms with Gasteiger partial charge in [-0.3, -0.25) is 4.99 Å². The first-order valence-electron chi connectivity index (χ1n) is 5.12. The van der Waals surface area contributed by atoms with Gasteiger partial charge in [0, 0.05) is 6.42 Å². The number of hydrogen-bond donors (Lipinski definition) is 1. The molecule has 1 saturated carbocycles. The highest BCUT2D eigenvalue weighted by atomic mass is 14.9. The molecule has 1 fully saturated rings. The zero-order chi connectivity index (χ0) is 9.97. The fraction of sp³-hybridized carbons (Fsp3) is 0.417. The maximum atomic E-state index is 5.87. The van der Waals surface area contributed by atoms with Crippen LogP contribution >= 0.6 is 0 Å². The summed E-state index contributed by atoms with van der Waals surface area (Å²) < 4.78 is 0. The lowest BCUT2D eigenvalue weighted by atomic mass is 10.1. The van der Waals surface area contributed by atoms with Crippen molar-refractivity contribution in [1.82, 2.24) is 0 Å². The average Bonchev–Trinajstić information content (AvgIpc) is 2.93. The molecule has 74 valence electrons. The van der Waals surface area contributed by atoms with Gasteiger partial charge in [-0.15, -0.1) is 0 Å². The third-order valence-electron chi connectivity index (χ3n) is 2.53. The van der Waals surface area contributed by atoms with Crippen molar-refractivity contribution in [3.63, 3.8) is 0 Å². The van der Waals surface area contributed by atoms with Crippen molar-refractivity contribution in [2.24, 2.45) is 10.7 Å². The lowest BCUT2D eigenvalue weighted by Gasteiger charge is -2.04. The third kappa shape index (κ3) is 2.34. The standard InChI is InChI=1S/C12H16N2/c1-9-4-2-3-5-10(9)8-12(13)14-11-6-7-11/h2-5,11H,6-8H2,1H3,(H2,13,14). The van der Waals surface area contributed by atoms with Gasteiger partial charge in [0.25, 0.3) is 0 Å². The van der Waals surface area contributed by atoms with E-state index in [2.05, 4.69) is 24.0 Å². The zero-order valence-electron chi connectivity index (χ0n) is 8.53. The molecule has 0 saturated heterocycles. The van der Waals surface area contributed by atoms with Crippen LogP contribution in [0.5, 0.6) is 0 Å². The molecule has 0 spiro atoms. The Kier molecular flexibility index (Phi) is 2.53. The Hall–Kier alpha value is -1.31. The monoisotopic (exact) mass is 188 g/mol. The van der Waals surface area contributed by atoms with E-state index in [9.17, 15) is 0 Å².